The van der Waals surface area contributed by atoms with Crippen LogP contribution in [0.1, 0.15) is 21.7 Å². The van der Waals surface area contributed by atoms with Crippen molar-refractivity contribution in [1.29, 1.82) is 0 Å². The molecule has 1 unspecified atom stereocenters. The molecule has 1 aromatic carbocycles. The Morgan fingerprint density at radius 3 is 2.70 bits per heavy atom. The molecule has 10 heteroatoms. The number of aromatic nitrogens is 4. The molecule has 2 aliphatic rings. The van der Waals surface area contributed by atoms with Gasteiger partial charge < -0.3 is 19.4 Å². The minimum absolute atomic E-state index is 0.0719. The molecule has 1 amide bonds. The zero-order valence-corrected chi connectivity index (χ0v) is 22.2. The first-order valence-electron chi connectivity index (χ1n) is 12.7. The number of benzene rings is 1. The van der Waals surface area contributed by atoms with Gasteiger partial charge in [0.2, 0.25) is 0 Å². The number of morpholine rings is 1. The highest BCUT2D eigenvalue weighted by atomic mass is 32.1. The summed E-state index contributed by atoms with van der Waals surface area (Å²) in [5, 5.41) is 4.79. The highest BCUT2D eigenvalue weighted by Gasteiger charge is 2.30. The quantitative estimate of drug-likeness (QED) is 0.401. The van der Waals surface area contributed by atoms with E-state index in [0.717, 1.165) is 59.9 Å². The minimum atomic E-state index is 0.0719. The molecule has 192 valence electrons. The molecule has 0 aliphatic carbocycles. The van der Waals surface area contributed by atoms with Crippen molar-refractivity contribution in [2.24, 2.45) is 0 Å². The van der Waals surface area contributed by atoms with Crippen molar-refractivity contribution in [2.45, 2.75) is 19.4 Å². The molecule has 37 heavy (non-hydrogen) atoms. The van der Waals surface area contributed by atoms with Crippen LogP contribution in [-0.4, -0.2) is 95.0 Å². The molecule has 0 radical (unpaired) electrons. The fourth-order valence-electron chi connectivity index (χ4n) is 5.00. The van der Waals surface area contributed by atoms with Crippen molar-refractivity contribution in [2.75, 3.05) is 58.4 Å². The van der Waals surface area contributed by atoms with Crippen molar-refractivity contribution in [3.8, 4) is 17.2 Å². The van der Waals surface area contributed by atoms with Gasteiger partial charge in [0.25, 0.3) is 11.9 Å². The summed E-state index contributed by atoms with van der Waals surface area (Å²) in [5.74, 6) is 1.41. The predicted molar refractivity (Wildman–Crippen MR) is 146 cm³/mol. The second-order valence-electron chi connectivity index (χ2n) is 9.94. The smallest absolute Gasteiger partial charge is 0.264 e. The zero-order chi connectivity index (χ0) is 25.5. The Morgan fingerprint density at radius 2 is 1.95 bits per heavy atom. The number of hydrogen-bond acceptors (Lipinski definition) is 8. The number of rotatable bonds is 5. The van der Waals surface area contributed by atoms with Gasteiger partial charge in [-0.3, -0.25) is 4.79 Å². The molecule has 0 saturated carbocycles. The standard InChI is InChI=1S/C27H31N7O2S/c1-18-5-4-6-19(15-18)21-8-10-34(30-21)27-28-22-16-23(26(35)33-9-7-20(17-33)31(2)3)37-24(22)25(29-27)32-11-13-36-14-12-32/h4-6,8,10,15-16,20H,7,9,11-14,17H2,1-3H3. The van der Waals surface area contributed by atoms with E-state index in [1.807, 2.05) is 29.3 Å². The number of carbonyl (C=O) groups excluding carboxylic acids is 1. The Bertz CT molecular complexity index is 1440. The summed E-state index contributed by atoms with van der Waals surface area (Å²) >= 11 is 1.49. The van der Waals surface area contributed by atoms with Crippen LogP contribution in [0.25, 0.3) is 27.4 Å². The second kappa shape index (κ2) is 9.85. The van der Waals surface area contributed by atoms with Crippen LogP contribution in [-0.2, 0) is 4.74 Å². The largest absolute Gasteiger partial charge is 0.378 e. The third-order valence-electron chi connectivity index (χ3n) is 7.15. The Morgan fingerprint density at radius 1 is 1.11 bits per heavy atom. The number of ether oxygens (including phenoxy) is 1. The third kappa shape index (κ3) is 4.72. The first kappa shape index (κ1) is 24.0. The highest BCUT2D eigenvalue weighted by molar-refractivity contribution is 7.21. The van der Waals surface area contributed by atoms with Gasteiger partial charge >= 0.3 is 0 Å². The van der Waals surface area contributed by atoms with Crippen LogP contribution >= 0.6 is 11.3 Å². The molecular formula is C27H31N7O2S. The number of amides is 1. The molecule has 1 atom stereocenters. The van der Waals surface area contributed by atoms with Crippen molar-refractivity contribution in [1.82, 2.24) is 29.5 Å². The number of thiophene rings is 1. The lowest BCUT2D eigenvalue weighted by molar-refractivity contribution is 0.0788. The number of hydrogen-bond donors (Lipinski definition) is 0. The maximum Gasteiger partial charge on any atom is 0.264 e. The van der Waals surface area contributed by atoms with Crippen LogP contribution in [0.3, 0.4) is 0 Å². The SMILES string of the molecule is Cc1cccc(-c2ccn(-c3nc(N4CCOCC4)c4sc(C(=O)N5CCC(N(C)C)C5)cc4n3)n2)c1. The van der Waals surface area contributed by atoms with Gasteiger partial charge in [0, 0.05) is 44.0 Å². The molecule has 5 heterocycles. The molecule has 0 bridgehead atoms. The van der Waals surface area contributed by atoms with E-state index in [9.17, 15) is 4.79 Å². The van der Waals surface area contributed by atoms with E-state index in [1.54, 1.807) is 4.68 Å². The lowest BCUT2D eigenvalue weighted by Crippen LogP contribution is -2.37. The van der Waals surface area contributed by atoms with Crippen molar-refractivity contribution >= 4 is 33.3 Å². The molecule has 0 N–H and O–H groups in total. The third-order valence-corrected chi connectivity index (χ3v) is 8.26. The molecule has 0 spiro atoms. The van der Waals surface area contributed by atoms with Crippen LogP contribution in [0.15, 0.2) is 42.6 Å². The summed E-state index contributed by atoms with van der Waals surface area (Å²) in [5.41, 5.74) is 3.88. The maximum absolute atomic E-state index is 13.4. The summed E-state index contributed by atoms with van der Waals surface area (Å²) in [7, 11) is 4.15. The van der Waals surface area contributed by atoms with Crippen molar-refractivity contribution in [3.63, 3.8) is 0 Å². The minimum Gasteiger partial charge on any atom is -0.378 e. The number of nitrogens with zero attached hydrogens (tertiary/aromatic N) is 7. The summed E-state index contributed by atoms with van der Waals surface area (Å²) in [6, 6.07) is 12.6. The summed E-state index contributed by atoms with van der Waals surface area (Å²) in [6.07, 6.45) is 2.89. The van der Waals surface area contributed by atoms with Gasteiger partial charge in [0.05, 0.1) is 34.0 Å². The van der Waals surface area contributed by atoms with Gasteiger partial charge in [-0.15, -0.1) is 11.3 Å². The van der Waals surface area contributed by atoms with Gasteiger partial charge in [0.15, 0.2) is 5.82 Å². The van der Waals surface area contributed by atoms with Gasteiger partial charge in [-0.2, -0.15) is 10.1 Å². The van der Waals surface area contributed by atoms with Crippen LogP contribution in [0.2, 0.25) is 0 Å². The number of likely N-dealkylation sites (N-methyl/N-ethyl adjacent to an activating group) is 1. The molecule has 2 fully saturated rings. The summed E-state index contributed by atoms with van der Waals surface area (Å²) in [6.45, 7) is 6.40. The van der Waals surface area contributed by atoms with E-state index in [4.69, 9.17) is 19.8 Å². The molecule has 9 nitrogen and oxygen atoms in total. The van der Waals surface area contributed by atoms with E-state index in [-0.39, 0.29) is 5.91 Å². The Labute approximate surface area is 220 Å². The molecule has 6 rings (SSSR count). The van der Waals surface area contributed by atoms with Gasteiger partial charge in [-0.25, -0.2) is 9.67 Å². The van der Waals surface area contributed by atoms with Crippen molar-refractivity contribution < 1.29 is 9.53 Å². The monoisotopic (exact) mass is 517 g/mol. The van der Waals surface area contributed by atoms with E-state index >= 15 is 0 Å². The number of aryl methyl sites for hydroxylation is 1. The number of anilines is 1. The molecular weight excluding hydrogens is 486 g/mol. The van der Waals surface area contributed by atoms with Gasteiger partial charge in [-0.1, -0.05) is 23.8 Å². The van der Waals surface area contributed by atoms with E-state index in [0.29, 0.717) is 30.1 Å². The van der Waals surface area contributed by atoms with Crippen LogP contribution < -0.4 is 4.90 Å². The fourth-order valence-corrected chi connectivity index (χ4v) is 6.08. The maximum atomic E-state index is 13.4. The van der Waals surface area contributed by atoms with Gasteiger partial charge in [0.1, 0.15) is 0 Å². The summed E-state index contributed by atoms with van der Waals surface area (Å²) in [4.78, 5) is 30.3. The topological polar surface area (TPSA) is 79.6 Å². The van der Waals surface area contributed by atoms with Crippen LogP contribution in [0.5, 0.6) is 0 Å². The molecule has 2 aliphatic heterocycles. The predicted octanol–water partition coefficient (Wildman–Crippen LogP) is 3.47. The molecule has 2 saturated heterocycles. The highest BCUT2D eigenvalue weighted by Crippen LogP contribution is 2.34. The first-order valence-corrected chi connectivity index (χ1v) is 13.5. The average Bonchev–Trinajstić information content (AvgIpc) is 3.68. The zero-order valence-electron chi connectivity index (χ0n) is 21.4. The lowest BCUT2D eigenvalue weighted by Gasteiger charge is -2.28. The summed E-state index contributed by atoms with van der Waals surface area (Å²) < 4.78 is 8.24. The fraction of sp³-hybridized carbons (Fsp3) is 0.407. The molecule has 3 aromatic heterocycles. The Hall–Kier alpha value is -3.34. The van der Waals surface area contributed by atoms with Crippen LogP contribution in [0, 0.1) is 6.92 Å². The number of fused-ring (bicyclic) bond motifs is 1. The second-order valence-corrected chi connectivity index (χ2v) is 11.0. The number of likely N-dealkylation sites (tertiary alicyclic amines) is 1. The Kier molecular flexibility index (Phi) is 6.39. The lowest BCUT2D eigenvalue weighted by atomic mass is 10.1. The average molecular weight is 518 g/mol. The van der Waals surface area contributed by atoms with E-state index in [1.165, 1.54) is 16.9 Å². The molecule has 4 aromatic rings. The van der Waals surface area contributed by atoms with E-state index in [2.05, 4.69) is 49.0 Å². The van der Waals surface area contributed by atoms with Crippen molar-refractivity contribution in [3.05, 3.63) is 53.0 Å². The van der Waals surface area contributed by atoms with Gasteiger partial charge in [-0.05, 0) is 45.6 Å². The normalized spacial score (nSPS) is 18.3. The Balaban J connectivity index is 1.38. The first-order chi connectivity index (χ1) is 18.0. The van der Waals surface area contributed by atoms with E-state index < -0.39 is 0 Å². The number of carbonyl (C=O) groups is 1. The van der Waals surface area contributed by atoms with Crippen LogP contribution in [0.4, 0.5) is 5.82 Å².